The van der Waals surface area contributed by atoms with Crippen LogP contribution in [-0.4, -0.2) is 60.1 Å². The molecular weight excluding hydrogens is 322 g/mol. The number of thioether (sulfide) groups is 1. The standard InChI is InChI=1S/C18H27N3O2S/c1-13(2)18(23)21-11-9-20(10-12-21)14(3)17(22)19-15-7-5-6-8-16(15)24-4/h5-8,13-14H,9-12H2,1-4H3,(H,19,22). The smallest absolute Gasteiger partial charge is 0.241 e. The lowest BCUT2D eigenvalue weighted by Gasteiger charge is -2.38. The van der Waals surface area contributed by atoms with Gasteiger partial charge in [-0.15, -0.1) is 11.8 Å². The number of benzene rings is 1. The minimum atomic E-state index is -0.212. The van der Waals surface area contributed by atoms with E-state index in [2.05, 4.69) is 10.2 Å². The fourth-order valence-corrected chi connectivity index (χ4v) is 3.40. The summed E-state index contributed by atoms with van der Waals surface area (Å²) in [6.07, 6.45) is 2.00. The number of piperazine rings is 1. The molecule has 1 atom stereocenters. The number of nitrogens with one attached hydrogen (secondary N) is 1. The molecule has 0 aliphatic carbocycles. The predicted molar refractivity (Wildman–Crippen MR) is 99.3 cm³/mol. The van der Waals surface area contributed by atoms with Gasteiger partial charge in [0.2, 0.25) is 11.8 Å². The van der Waals surface area contributed by atoms with Gasteiger partial charge in [-0.3, -0.25) is 14.5 Å². The van der Waals surface area contributed by atoms with Crippen LogP contribution in [-0.2, 0) is 9.59 Å². The van der Waals surface area contributed by atoms with E-state index in [1.165, 1.54) is 0 Å². The van der Waals surface area contributed by atoms with Crippen molar-refractivity contribution in [2.24, 2.45) is 5.92 Å². The number of rotatable bonds is 5. The first kappa shape index (κ1) is 18.8. The van der Waals surface area contributed by atoms with E-state index in [0.717, 1.165) is 23.7 Å². The number of carbonyl (C=O) groups excluding carboxylic acids is 2. The molecule has 1 aliphatic heterocycles. The second-order valence-corrected chi connectivity index (χ2v) is 7.23. The average Bonchev–Trinajstić information content (AvgIpc) is 2.60. The fraction of sp³-hybridized carbons (Fsp3) is 0.556. The van der Waals surface area contributed by atoms with Crippen molar-refractivity contribution in [3.63, 3.8) is 0 Å². The minimum Gasteiger partial charge on any atom is -0.340 e. The molecule has 0 aromatic heterocycles. The zero-order valence-corrected chi connectivity index (χ0v) is 15.7. The summed E-state index contributed by atoms with van der Waals surface area (Å²) in [7, 11) is 0. The first-order valence-corrected chi connectivity index (χ1v) is 9.63. The lowest BCUT2D eigenvalue weighted by molar-refractivity contribution is -0.136. The summed E-state index contributed by atoms with van der Waals surface area (Å²) in [6, 6.07) is 7.61. The van der Waals surface area contributed by atoms with Gasteiger partial charge in [-0.05, 0) is 25.3 Å². The van der Waals surface area contributed by atoms with Crippen molar-refractivity contribution in [1.82, 2.24) is 9.80 Å². The van der Waals surface area contributed by atoms with E-state index in [0.29, 0.717) is 13.1 Å². The maximum absolute atomic E-state index is 12.6. The van der Waals surface area contributed by atoms with Gasteiger partial charge in [0, 0.05) is 37.0 Å². The summed E-state index contributed by atoms with van der Waals surface area (Å²) >= 11 is 1.62. The average molecular weight is 350 g/mol. The van der Waals surface area contributed by atoms with Crippen molar-refractivity contribution in [3.8, 4) is 0 Å². The third-order valence-electron chi connectivity index (χ3n) is 4.41. The highest BCUT2D eigenvalue weighted by atomic mass is 32.2. The SMILES string of the molecule is CSc1ccccc1NC(=O)C(C)N1CCN(C(=O)C(C)C)CC1. The van der Waals surface area contributed by atoms with Crippen molar-refractivity contribution in [3.05, 3.63) is 24.3 Å². The number of para-hydroxylation sites is 1. The monoisotopic (exact) mass is 349 g/mol. The van der Waals surface area contributed by atoms with Gasteiger partial charge in [0.05, 0.1) is 11.7 Å². The van der Waals surface area contributed by atoms with Crippen LogP contribution in [0, 0.1) is 5.92 Å². The van der Waals surface area contributed by atoms with Crippen LogP contribution in [0.5, 0.6) is 0 Å². The highest BCUT2D eigenvalue weighted by Crippen LogP contribution is 2.25. The Morgan fingerprint density at radius 3 is 2.29 bits per heavy atom. The number of nitrogens with zero attached hydrogens (tertiary/aromatic N) is 2. The van der Waals surface area contributed by atoms with E-state index >= 15 is 0 Å². The largest absolute Gasteiger partial charge is 0.340 e. The van der Waals surface area contributed by atoms with Crippen LogP contribution in [0.25, 0.3) is 0 Å². The molecule has 2 rings (SSSR count). The van der Waals surface area contributed by atoms with E-state index in [9.17, 15) is 9.59 Å². The Hall–Kier alpha value is -1.53. The van der Waals surface area contributed by atoms with Gasteiger partial charge in [0.25, 0.3) is 0 Å². The summed E-state index contributed by atoms with van der Waals surface area (Å²) in [5, 5.41) is 3.03. The van der Waals surface area contributed by atoms with Crippen molar-refractivity contribution < 1.29 is 9.59 Å². The summed E-state index contributed by atoms with van der Waals surface area (Å²) in [4.78, 5) is 29.7. The molecule has 0 radical (unpaired) electrons. The highest BCUT2D eigenvalue weighted by molar-refractivity contribution is 7.98. The van der Waals surface area contributed by atoms with Crippen molar-refractivity contribution in [2.75, 3.05) is 37.8 Å². The van der Waals surface area contributed by atoms with Crippen LogP contribution in [0.2, 0.25) is 0 Å². The van der Waals surface area contributed by atoms with Gasteiger partial charge in [0.1, 0.15) is 0 Å². The molecule has 24 heavy (non-hydrogen) atoms. The maximum Gasteiger partial charge on any atom is 0.241 e. The summed E-state index contributed by atoms with van der Waals surface area (Å²) in [5.41, 5.74) is 0.857. The second kappa shape index (κ2) is 8.53. The zero-order valence-electron chi connectivity index (χ0n) is 14.9. The van der Waals surface area contributed by atoms with E-state index < -0.39 is 0 Å². The molecule has 1 aliphatic rings. The molecule has 0 spiro atoms. The molecule has 1 heterocycles. The molecule has 6 heteroatoms. The molecule has 0 saturated carbocycles. The molecule has 1 aromatic carbocycles. The van der Waals surface area contributed by atoms with Gasteiger partial charge >= 0.3 is 0 Å². The van der Waals surface area contributed by atoms with Crippen LogP contribution >= 0.6 is 11.8 Å². The predicted octanol–water partition coefficient (Wildman–Crippen LogP) is 2.54. The lowest BCUT2D eigenvalue weighted by Crippen LogP contribution is -2.54. The molecule has 132 valence electrons. The molecule has 5 nitrogen and oxygen atoms in total. The molecule has 1 unspecified atom stereocenters. The third-order valence-corrected chi connectivity index (χ3v) is 5.21. The summed E-state index contributed by atoms with van der Waals surface area (Å²) < 4.78 is 0. The molecule has 1 fully saturated rings. The quantitative estimate of drug-likeness (QED) is 0.830. The number of hydrogen-bond donors (Lipinski definition) is 1. The van der Waals surface area contributed by atoms with Gasteiger partial charge in [0.15, 0.2) is 0 Å². The molecule has 1 saturated heterocycles. The van der Waals surface area contributed by atoms with Crippen LogP contribution in [0.3, 0.4) is 0 Å². The number of carbonyl (C=O) groups is 2. The molecule has 1 N–H and O–H groups in total. The first-order valence-electron chi connectivity index (χ1n) is 8.40. The van der Waals surface area contributed by atoms with Gasteiger partial charge in [-0.1, -0.05) is 26.0 Å². The first-order chi connectivity index (χ1) is 11.4. The molecule has 1 aromatic rings. The topological polar surface area (TPSA) is 52.7 Å². The van der Waals surface area contributed by atoms with Gasteiger partial charge in [-0.2, -0.15) is 0 Å². The van der Waals surface area contributed by atoms with Crippen molar-refractivity contribution in [2.45, 2.75) is 31.7 Å². The van der Waals surface area contributed by atoms with E-state index in [1.807, 2.05) is 56.2 Å². The molecular formula is C18H27N3O2S. The minimum absolute atomic E-state index is 0.000126. The maximum atomic E-state index is 12.6. The lowest BCUT2D eigenvalue weighted by atomic mass is 10.1. The van der Waals surface area contributed by atoms with Crippen LogP contribution in [0.1, 0.15) is 20.8 Å². The molecule has 0 bridgehead atoms. The van der Waals surface area contributed by atoms with E-state index in [1.54, 1.807) is 11.8 Å². The van der Waals surface area contributed by atoms with E-state index in [4.69, 9.17) is 0 Å². The summed E-state index contributed by atoms with van der Waals surface area (Å²) in [6.45, 7) is 8.62. The number of hydrogen-bond acceptors (Lipinski definition) is 4. The Balaban J connectivity index is 1.91. The molecule has 2 amide bonds. The third kappa shape index (κ3) is 4.51. The second-order valence-electron chi connectivity index (χ2n) is 6.38. The zero-order chi connectivity index (χ0) is 17.7. The van der Waals surface area contributed by atoms with Gasteiger partial charge < -0.3 is 10.2 Å². The Labute approximate surface area is 148 Å². The Bertz CT molecular complexity index is 583. The Morgan fingerprint density at radius 2 is 1.71 bits per heavy atom. The number of anilines is 1. The Kier molecular flexibility index (Phi) is 6.69. The number of amides is 2. The van der Waals surface area contributed by atoms with Crippen molar-refractivity contribution in [1.29, 1.82) is 0 Å². The van der Waals surface area contributed by atoms with Gasteiger partial charge in [-0.25, -0.2) is 0 Å². The van der Waals surface area contributed by atoms with Crippen LogP contribution < -0.4 is 5.32 Å². The van der Waals surface area contributed by atoms with Crippen LogP contribution in [0.15, 0.2) is 29.2 Å². The summed E-state index contributed by atoms with van der Waals surface area (Å²) in [5.74, 6) is 0.223. The fourth-order valence-electron chi connectivity index (χ4n) is 2.85. The highest BCUT2D eigenvalue weighted by Gasteiger charge is 2.28. The van der Waals surface area contributed by atoms with Crippen LogP contribution in [0.4, 0.5) is 5.69 Å². The van der Waals surface area contributed by atoms with Crippen molar-refractivity contribution >= 4 is 29.3 Å². The normalized spacial score (nSPS) is 17.0. The van der Waals surface area contributed by atoms with E-state index in [-0.39, 0.29) is 23.8 Å². The Morgan fingerprint density at radius 1 is 1.08 bits per heavy atom.